The van der Waals surface area contributed by atoms with Crippen LogP contribution in [0.5, 0.6) is 0 Å². The van der Waals surface area contributed by atoms with E-state index in [1.165, 1.54) is 38.5 Å². The summed E-state index contributed by atoms with van der Waals surface area (Å²) in [6, 6.07) is 0. The highest BCUT2D eigenvalue weighted by atomic mass is 14.5. The Morgan fingerprint density at radius 1 is 0.905 bits per heavy atom. The van der Waals surface area contributed by atoms with Gasteiger partial charge in [0.15, 0.2) is 0 Å². The van der Waals surface area contributed by atoms with Crippen LogP contribution in [0, 0.1) is 40.9 Å². The Labute approximate surface area is 133 Å². The van der Waals surface area contributed by atoms with Gasteiger partial charge in [0.2, 0.25) is 0 Å². The maximum Gasteiger partial charge on any atom is -0.0326 e. The summed E-state index contributed by atoms with van der Waals surface area (Å²) in [5.41, 5.74) is 0.603. The molecule has 0 radical (unpaired) electrons. The van der Waals surface area contributed by atoms with Crippen molar-refractivity contribution in [2.45, 2.75) is 91.9 Å². The first kappa shape index (κ1) is 15.9. The Balaban J connectivity index is 1.68. The van der Waals surface area contributed by atoms with Crippen molar-refractivity contribution in [2.24, 2.45) is 40.9 Å². The maximum absolute atomic E-state index is 2.57. The second-order valence-corrected chi connectivity index (χ2v) is 9.47. The second-order valence-electron chi connectivity index (χ2n) is 9.47. The van der Waals surface area contributed by atoms with Crippen molar-refractivity contribution < 1.29 is 0 Å². The van der Waals surface area contributed by atoms with E-state index in [9.17, 15) is 0 Å². The first-order valence-corrected chi connectivity index (χ1v) is 10.0. The van der Waals surface area contributed by atoms with Crippen LogP contribution in [0.25, 0.3) is 0 Å². The highest BCUT2D eigenvalue weighted by Gasteiger charge is 2.48. The zero-order valence-corrected chi connectivity index (χ0v) is 15.0. The number of hydrogen-bond acceptors (Lipinski definition) is 0. The molecule has 0 aromatic carbocycles. The predicted octanol–water partition coefficient (Wildman–Crippen LogP) is 6.69. The molecule has 122 valence electrons. The van der Waals surface area contributed by atoms with Crippen LogP contribution < -0.4 is 0 Å². The summed E-state index contributed by atoms with van der Waals surface area (Å²) in [7, 11) is 0. The van der Waals surface area contributed by atoms with Gasteiger partial charge < -0.3 is 0 Å². The van der Waals surface area contributed by atoms with Crippen molar-refractivity contribution >= 4 is 0 Å². The molecular formula is C21H38. The molecule has 0 spiro atoms. The van der Waals surface area contributed by atoms with E-state index in [0.29, 0.717) is 5.41 Å². The van der Waals surface area contributed by atoms with Crippen molar-refractivity contribution in [1.82, 2.24) is 0 Å². The maximum atomic E-state index is 2.57. The van der Waals surface area contributed by atoms with Gasteiger partial charge in [0.05, 0.1) is 0 Å². The second kappa shape index (κ2) is 6.25. The smallest absolute Gasteiger partial charge is 0.0326 e. The van der Waals surface area contributed by atoms with E-state index in [0.717, 1.165) is 35.5 Å². The molecule has 0 saturated heterocycles. The summed E-state index contributed by atoms with van der Waals surface area (Å²) in [5, 5.41) is 0. The Bertz CT molecular complexity index is 340. The molecule has 0 heterocycles. The SMILES string of the molecule is CCCC1CCCCC1C1CC2CCC(C)(C)[C@H](C)C2C1. The van der Waals surface area contributed by atoms with Gasteiger partial charge in [-0.05, 0) is 73.0 Å². The lowest BCUT2D eigenvalue weighted by Crippen LogP contribution is -2.35. The van der Waals surface area contributed by atoms with Gasteiger partial charge in [-0.25, -0.2) is 0 Å². The lowest BCUT2D eigenvalue weighted by molar-refractivity contribution is 0.0572. The minimum Gasteiger partial charge on any atom is -0.0654 e. The third-order valence-corrected chi connectivity index (χ3v) is 8.05. The lowest BCUT2D eigenvalue weighted by Gasteiger charge is -2.44. The normalized spacial score (nSPS) is 46.3. The number of fused-ring (bicyclic) bond motifs is 1. The fraction of sp³-hybridized carbons (Fsp3) is 1.00. The van der Waals surface area contributed by atoms with Gasteiger partial charge in [-0.3, -0.25) is 0 Å². The van der Waals surface area contributed by atoms with Gasteiger partial charge in [-0.1, -0.05) is 59.8 Å². The molecule has 5 unspecified atom stereocenters. The molecule has 0 bridgehead atoms. The van der Waals surface area contributed by atoms with Crippen LogP contribution in [0.2, 0.25) is 0 Å². The van der Waals surface area contributed by atoms with Crippen LogP contribution in [-0.4, -0.2) is 0 Å². The monoisotopic (exact) mass is 290 g/mol. The van der Waals surface area contributed by atoms with Gasteiger partial charge in [-0.15, -0.1) is 0 Å². The van der Waals surface area contributed by atoms with E-state index >= 15 is 0 Å². The molecule has 0 aliphatic heterocycles. The Kier molecular flexibility index (Phi) is 4.72. The van der Waals surface area contributed by atoms with Crippen LogP contribution >= 0.6 is 0 Å². The summed E-state index contributed by atoms with van der Waals surface area (Å²) in [5.74, 6) is 6.37. The van der Waals surface area contributed by atoms with E-state index in [1.807, 2.05) is 0 Å². The molecule has 6 atom stereocenters. The third-order valence-electron chi connectivity index (χ3n) is 8.05. The quantitative estimate of drug-likeness (QED) is 0.543. The number of rotatable bonds is 3. The molecule has 0 aromatic rings. The van der Waals surface area contributed by atoms with Gasteiger partial charge in [-0.2, -0.15) is 0 Å². The van der Waals surface area contributed by atoms with Crippen molar-refractivity contribution in [3.63, 3.8) is 0 Å². The fourth-order valence-electron chi connectivity index (χ4n) is 6.45. The summed E-state index contributed by atoms with van der Waals surface area (Å²) in [6.07, 6.45) is 15.3. The van der Waals surface area contributed by atoms with Crippen LogP contribution in [0.1, 0.15) is 91.9 Å². The minimum absolute atomic E-state index is 0.603. The molecule has 3 saturated carbocycles. The summed E-state index contributed by atoms with van der Waals surface area (Å²) >= 11 is 0. The highest BCUT2D eigenvalue weighted by molar-refractivity contribution is 4.98. The van der Waals surface area contributed by atoms with E-state index in [4.69, 9.17) is 0 Å². The fourth-order valence-corrected chi connectivity index (χ4v) is 6.45. The third kappa shape index (κ3) is 3.06. The molecule has 0 amide bonds. The minimum atomic E-state index is 0.603. The highest BCUT2D eigenvalue weighted by Crippen LogP contribution is 2.57. The van der Waals surface area contributed by atoms with Gasteiger partial charge in [0.25, 0.3) is 0 Å². The van der Waals surface area contributed by atoms with E-state index in [-0.39, 0.29) is 0 Å². The van der Waals surface area contributed by atoms with E-state index < -0.39 is 0 Å². The molecule has 3 fully saturated rings. The summed E-state index contributed by atoms with van der Waals surface area (Å²) in [4.78, 5) is 0. The summed E-state index contributed by atoms with van der Waals surface area (Å²) < 4.78 is 0. The van der Waals surface area contributed by atoms with Gasteiger partial charge in [0.1, 0.15) is 0 Å². The largest absolute Gasteiger partial charge is 0.0654 e. The van der Waals surface area contributed by atoms with E-state index in [2.05, 4.69) is 27.7 Å². The average Bonchev–Trinajstić information content (AvgIpc) is 2.89. The lowest BCUT2D eigenvalue weighted by atomic mass is 9.61. The molecule has 21 heavy (non-hydrogen) atoms. The van der Waals surface area contributed by atoms with Gasteiger partial charge >= 0.3 is 0 Å². The molecule has 0 nitrogen and oxygen atoms in total. The molecule has 3 aliphatic carbocycles. The van der Waals surface area contributed by atoms with Crippen LogP contribution in [-0.2, 0) is 0 Å². The standard InChI is InChI=1S/C21H38/c1-5-8-16-9-6-7-10-19(16)18-13-17-11-12-21(3,4)15(2)20(17)14-18/h15-20H,5-14H2,1-4H3/t15-,16?,17?,18?,19?,20?/m1/s1. The molecule has 3 aliphatic rings. The molecule has 3 rings (SSSR count). The van der Waals surface area contributed by atoms with Crippen LogP contribution in [0.3, 0.4) is 0 Å². The summed E-state index contributed by atoms with van der Waals surface area (Å²) in [6.45, 7) is 10.0. The van der Waals surface area contributed by atoms with Crippen molar-refractivity contribution in [1.29, 1.82) is 0 Å². The Morgan fingerprint density at radius 2 is 1.67 bits per heavy atom. The molecule has 0 N–H and O–H groups in total. The van der Waals surface area contributed by atoms with Crippen molar-refractivity contribution in [3.05, 3.63) is 0 Å². The zero-order valence-electron chi connectivity index (χ0n) is 15.0. The van der Waals surface area contributed by atoms with Gasteiger partial charge in [0, 0.05) is 0 Å². The Morgan fingerprint density at radius 3 is 2.43 bits per heavy atom. The first-order chi connectivity index (χ1) is 10.0. The molecule has 0 heteroatoms. The van der Waals surface area contributed by atoms with Crippen molar-refractivity contribution in [3.8, 4) is 0 Å². The van der Waals surface area contributed by atoms with Crippen molar-refractivity contribution in [2.75, 3.05) is 0 Å². The topological polar surface area (TPSA) is 0 Å². The van der Waals surface area contributed by atoms with Crippen LogP contribution in [0.4, 0.5) is 0 Å². The predicted molar refractivity (Wildman–Crippen MR) is 92.2 cm³/mol. The van der Waals surface area contributed by atoms with E-state index in [1.54, 1.807) is 25.7 Å². The Hall–Kier alpha value is 0. The molecular weight excluding hydrogens is 252 g/mol. The number of hydrogen-bond donors (Lipinski definition) is 0. The molecule has 0 aromatic heterocycles. The van der Waals surface area contributed by atoms with Crippen LogP contribution in [0.15, 0.2) is 0 Å². The first-order valence-electron chi connectivity index (χ1n) is 10.0. The average molecular weight is 291 g/mol. The zero-order chi connectivity index (χ0) is 15.0.